The van der Waals surface area contributed by atoms with Crippen molar-refractivity contribution in [2.75, 3.05) is 0 Å². The van der Waals surface area contributed by atoms with Crippen molar-refractivity contribution in [1.29, 1.82) is 0 Å². The fourth-order valence-electron chi connectivity index (χ4n) is 5.54. The van der Waals surface area contributed by atoms with E-state index >= 15 is 0 Å². The van der Waals surface area contributed by atoms with E-state index in [1.165, 1.54) is 56.9 Å². The van der Waals surface area contributed by atoms with Gasteiger partial charge in [-0.15, -0.1) is 6.58 Å². The van der Waals surface area contributed by atoms with Gasteiger partial charge in [-0.2, -0.15) is 0 Å². The molecule has 132 valence electrons. The third-order valence-electron chi connectivity index (χ3n) is 6.94. The van der Waals surface area contributed by atoms with Crippen LogP contribution in [0.1, 0.15) is 70.3 Å². The molecular weight excluding hydrogens is 319 g/mol. The Kier molecular flexibility index (Phi) is 5.70. The van der Waals surface area contributed by atoms with Crippen molar-refractivity contribution in [2.24, 2.45) is 17.8 Å². The quantitative estimate of drug-likeness (QED) is 0.500. The second-order valence-corrected chi connectivity index (χ2v) is 8.31. The molecule has 2 aliphatic rings. The van der Waals surface area contributed by atoms with Gasteiger partial charge in [0.25, 0.3) is 0 Å². The van der Waals surface area contributed by atoms with E-state index in [1.807, 2.05) is 0 Å². The summed E-state index contributed by atoms with van der Waals surface area (Å²) in [5.41, 5.74) is 1.32. The Hall–Kier alpha value is -0.820. The molecule has 0 aliphatic heterocycles. The van der Waals surface area contributed by atoms with E-state index in [2.05, 4.69) is 25.6 Å². The van der Waals surface area contributed by atoms with Crippen LogP contribution in [0.15, 0.2) is 30.9 Å². The van der Waals surface area contributed by atoms with Crippen LogP contribution in [0.3, 0.4) is 0 Å². The van der Waals surface area contributed by atoms with Gasteiger partial charge in [0.15, 0.2) is 0 Å². The standard InChI is InChI=1S/C22H30ClF/c1-3-16-8-10-17(11-9-16)19-7-5-6-14-22(19,4-2)18-12-13-20(23)21(24)15-18/h3,12-13,15-17,19H,1,4-11,14H2,2H3/t16-,17-,19?,22?. The van der Waals surface area contributed by atoms with Crippen LogP contribution in [-0.4, -0.2) is 0 Å². The topological polar surface area (TPSA) is 0 Å². The minimum absolute atomic E-state index is 0.134. The normalized spacial score (nSPS) is 34.0. The summed E-state index contributed by atoms with van der Waals surface area (Å²) in [5, 5.41) is 0.240. The molecular formula is C22H30ClF. The van der Waals surface area contributed by atoms with Gasteiger partial charge in [0.05, 0.1) is 5.02 Å². The van der Waals surface area contributed by atoms with Gasteiger partial charge >= 0.3 is 0 Å². The fourth-order valence-corrected chi connectivity index (χ4v) is 5.66. The summed E-state index contributed by atoms with van der Waals surface area (Å²) in [5.74, 6) is 1.90. The maximum atomic E-state index is 14.2. The SMILES string of the molecule is C=C[C@H]1CC[C@H](C2CCCCC2(CC)c2ccc(Cl)c(F)c2)CC1. The third kappa shape index (κ3) is 3.29. The van der Waals surface area contributed by atoms with Crippen LogP contribution in [0.25, 0.3) is 0 Å². The molecule has 2 aliphatic carbocycles. The molecule has 2 heteroatoms. The van der Waals surface area contributed by atoms with E-state index in [0.717, 1.165) is 12.3 Å². The Labute approximate surface area is 151 Å². The van der Waals surface area contributed by atoms with Crippen LogP contribution < -0.4 is 0 Å². The van der Waals surface area contributed by atoms with E-state index in [4.69, 9.17) is 11.6 Å². The number of benzene rings is 1. The van der Waals surface area contributed by atoms with Crippen LogP contribution >= 0.6 is 11.6 Å². The maximum Gasteiger partial charge on any atom is 0.142 e. The van der Waals surface area contributed by atoms with Crippen molar-refractivity contribution in [3.8, 4) is 0 Å². The Morgan fingerprint density at radius 3 is 2.58 bits per heavy atom. The highest BCUT2D eigenvalue weighted by molar-refractivity contribution is 6.30. The third-order valence-corrected chi connectivity index (χ3v) is 7.25. The first kappa shape index (κ1) is 18.0. The second-order valence-electron chi connectivity index (χ2n) is 7.90. The zero-order valence-corrected chi connectivity index (χ0v) is 15.6. The summed E-state index contributed by atoms with van der Waals surface area (Å²) in [7, 11) is 0. The molecule has 2 unspecified atom stereocenters. The molecule has 2 saturated carbocycles. The first-order chi connectivity index (χ1) is 11.6. The summed E-state index contributed by atoms with van der Waals surface area (Å²) in [4.78, 5) is 0. The van der Waals surface area contributed by atoms with Gasteiger partial charge in [-0.05, 0) is 85.8 Å². The first-order valence-corrected chi connectivity index (χ1v) is 10.1. The van der Waals surface area contributed by atoms with Gasteiger partial charge in [0, 0.05) is 0 Å². The molecule has 1 aromatic rings. The van der Waals surface area contributed by atoms with E-state index in [-0.39, 0.29) is 16.3 Å². The Morgan fingerprint density at radius 2 is 1.96 bits per heavy atom. The molecule has 0 bridgehead atoms. The van der Waals surface area contributed by atoms with Crippen LogP contribution in [-0.2, 0) is 5.41 Å². The zero-order chi connectivity index (χ0) is 17.2. The van der Waals surface area contributed by atoms with Gasteiger partial charge in [-0.25, -0.2) is 4.39 Å². The van der Waals surface area contributed by atoms with Crippen molar-refractivity contribution in [3.05, 3.63) is 47.3 Å². The van der Waals surface area contributed by atoms with E-state index in [0.29, 0.717) is 11.8 Å². The van der Waals surface area contributed by atoms with Crippen LogP contribution in [0, 0.1) is 23.6 Å². The summed E-state index contributed by atoms with van der Waals surface area (Å²) >= 11 is 5.94. The van der Waals surface area contributed by atoms with E-state index in [9.17, 15) is 4.39 Å². The fraction of sp³-hybridized carbons (Fsp3) is 0.636. The largest absolute Gasteiger partial charge is 0.205 e. The lowest BCUT2D eigenvalue weighted by Crippen LogP contribution is -2.42. The van der Waals surface area contributed by atoms with Gasteiger partial charge in [-0.1, -0.05) is 43.5 Å². The number of hydrogen-bond acceptors (Lipinski definition) is 0. The van der Waals surface area contributed by atoms with Gasteiger partial charge in [0.2, 0.25) is 0 Å². The predicted molar refractivity (Wildman–Crippen MR) is 101 cm³/mol. The highest BCUT2D eigenvalue weighted by atomic mass is 35.5. The minimum atomic E-state index is -0.262. The van der Waals surface area contributed by atoms with Crippen LogP contribution in [0.2, 0.25) is 5.02 Å². The summed E-state index contributed by atoms with van der Waals surface area (Å²) in [6.07, 6.45) is 13.5. The molecule has 24 heavy (non-hydrogen) atoms. The van der Waals surface area contributed by atoms with Crippen molar-refractivity contribution >= 4 is 11.6 Å². The summed E-state index contributed by atoms with van der Waals surface area (Å²) < 4.78 is 14.2. The minimum Gasteiger partial charge on any atom is -0.205 e. The average Bonchev–Trinajstić information content (AvgIpc) is 2.64. The van der Waals surface area contributed by atoms with Crippen LogP contribution in [0.5, 0.6) is 0 Å². The van der Waals surface area contributed by atoms with Crippen molar-refractivity contribution in [2.45, 2.75) is 70.1 Å². The molecule has 0 N–H and O–H groups in total. The van der Waals surface area contributed by atoms with Crippen LogP contribution in [0.4, 0.5) is 4.39 Å². The van der Waals surface area contributed by atoms with Gasteiger partial charge < -0.3 is 0 Å². The molecule has 0 radical (unpaired) electrons. The number of halogens is 2. The Balaban J connectivity index is 1.90. The molecule has 2 atom stereocenters. The van der Waals surface area contributed by atoms with Crippen molar-refractivity contribution in [1.82, 2.24) is 0 Å². The van der Waals surface area contributed by atoms with Crippen molar-refractivity contribution < 1.29 is 4.39 Å². The van der Waals surface area contributed by atoms with Gasteiger partial charge in [0.1, 0.15) is 5.82 Å². The number of rotatable bonds is 4. The molecule has 0 aromatic heterocycles. The lowest BCUT2D eigenvalue weighted by Gasteiger charge is -2.49. The number of allylic oxidation sites excluding steroid dienone is 1. The lowest BCUT2D eigenvalue weighted by atomic mass is 9.55. The highest BCUT2D eigenvalue weighted by Crippen LogP contribution is 2.53. The predicted octanol–water partition coefficient (Wildman–Crippen LogP) is 7.31. The summed E-state index contributed by atoms with van der Waals surface area (Å²) in [6.45, 7) is 6.27. The average molecular weight is 349 g/mol. The molecule has 0 spiro atoms. The lowest BCUT2D eigenvalue weighted by molar-refractivity contribution is 0.0842. The molecule has 0 saturated heterocycles. The van der Waals surface area contributed by atoms with E-state index < -0.39 is 0 Å². The van der Waals surface area contributed by atoms with E-state index in [1.54, 1.807) is 12.1 Å². The Morgan fingerprint density at radius 1 is 1.21 bits per heavy atom. The maximum absolute atomic E-state index is 14.2. The second kappa shape index (κ2) is 7.60. The number of hydrogen-bond donors (Lipinski definition) is 0. The molecule has 0 heterocycles. The molecule has 2 fully saturated rings. The molecule has 1 aromatic carbocycles. The zero-order valence-electron chi connectivity index (χ0n) is 14.9. The molecule has 3 rings (SSSR count). The molecule has 0 nitrogen and oxygen atoms in total. The summed E-state index contributed by atoms with van der Waals surface area (Å²) in [6, 6.07) is 5.56. The smallest absolute Gasteiger partial charge is 0.142 e. The van der Waals surface area contributed by atoms with Gasteiger partial charge in [-0.3, -0.25) is 0 Å². The van der Waals surface area contributed by atoms with Crippen molar-refractivity contribution in [3.63, 3.8) is 0 Å². The highest BCUT2D eigenvalue weighted by Gasteiger charge is 2.45. The Bertz CT molecular complexity index is 573. The molecule has 0 amide bonds. The first-order valence-electron chi connectivity index (χ1n) is 9.69. The monoisotopic (exact) mass is 348 g/mol.